The second kappa shape index (κ2) is 11.5. The SMILES string of the molecule is CCNC(=NCc1ccccc1OC1CCC1)N1CCCC(CC(N)=O)C1.I. The van der Waals surface area contributed by atoms with E-state index in [0.717, 1.165) is 62.6 Å². The zero-order valence-electron chi connectivity index (χ0n) is 16.7. The molecule has 7 heteroatoms. The molecular formula is C21H33IN4O2. The molecule has 156 valence electrons. The lowest BCUT2D eigenvalue weighted by Crippen LogP contribution is -2.47. The second-order valence-electron chi connectivity index (χ2n) is 7.57. The summed E-state index contributed by atoms with van der Waals surface area (Å²) in [6, 6.07) is 8.19. The van der Waals surface area contributed by atoms with Crippen LogP contribution in [0.3, 0.4) is 0 Å². The van der Waals surface area contributed by atoms with Gasteiger partial charge in [-0.1, -0.05) is 18.2 Å². The third-order valence-electron chi connectivity index (χ3n) is 5.36. The molecule has 1 aromatic rings. The number of nitrogens with one attached hydrogen (secondary N) is 1. The van der Waals surface area contributed by atoms with Crippen molar-refractivity contribution < 1.29 is 9.53 Å². The molecule has 1 aliphatic heterocycles. The molecule has 1 aromatic carbocycles. The molecule has 1 atom stereocenters. The van der Waals surface area contributed by atoms with Crippen LogP contribution < -0.4 is 15.8 Å². The van der Waals surface area contributed by atoms with Crippen LogP contribution in [0.15, 0.2) is 29.3 Å². The Hall–Kier alpha value is -1.51. The van der Waals surface area contributed by atoms with Crippen molar-refractivity contribution in [1.29, 1.82) is 0 Å². The van der Waals surface area contributed by atoms with Crippen LogP contribution >= 0.6 is 24.0 Å². The molecule has 1 heterocycles. The fourth-order valence-corrected chi connectivity index (χ4v) is 3.71. The minimum Gasteiger partial charge on any atom is -0.490 e. The van der Waals surface area contributed by atoms with Crippen LogP contribution in [-0.2, 0) is 11.3 Å². The molecule has 3 rings (SSSR count). The highest BCUT2D eigenvalue weighted by Gasteiger charge is 2.24. The minimum atomic E-state index is -0.217. The number of guanidine groups is 1. The fraction of sp³-hybridized carbons (Fsp3) is 0.619. The van der Waals surface area contributed by atoms with E-state index < -0.39 is 0 Å². The number of likely N-dealkylation sites (tertiary alicyclic amines) is 1. The summed E-state index contributed by atoms with van der Waals surface area (Å²) in [5.41, 5.74) is 6.51. The average molecular weight is 500 g/mol. The van der Waals surface area contributed by atoms with Crippen LogP contribution in [-0.4, -0.2) is 42.5 Å². The van der Waals surface area contributed by atoms with Crippen LogP contribution in [0.1, 0.15) is 51.0 Å². The monoisotopic (exact) mass is 500 g/mol. The van der Waals surface area contributed by atoms with Crippen molar-refractivity contribution in [3.63, 3.8) is 0 Å². The van der Waals surface area contributed by atoms with Crippen molar-refractivity contribution in [2.45, 2.75) is 58.1 Å². The number of rotatable bonds is 7. The number of ether oxygens (including phenoxy) is 1. The molecule has 1 saturated carbocycles. The molecule has 28 heavy (non-hydrogen) atoms. The number of nitrogens with zero attached hydrogens (tertiary/aromatic N) is 2. The van der Waals surface area contributed by atoms with Crippen molar-refractivity contribution in [2.24, 2.45) is 16.6 Å². The molecule has 1 unspecified atom stereocenters. The number of aliphatic imine (C=N–C) groups is 1. The number of benzene rings is 1. The van der Waals surface area contributed by atoms with Crippen molar-refractivity contribution in [3.8, 4) is 5.75 Å². The molecule has 2 aliphatic rings. The van der Waals surface area contributed by atoms with Gasteiger partial charge in [0, 0.05) is 31.6 Å². The van der Waals surface area contributed by atoms with Crippen LogP contribution in [0, 0.1) is 5.92 Å². The molecule has 1 amide bonds. The van der Waals surface area contributed by atoms with Crippen molar-refractivity contribution in [3.05, 3.63) is 29.8 Å². The van der Waals surface area contributed by atoms with Crippen LogP contribution in [0.2, 0.25) is 0 Å². The van der Waals surface area contributed by atoms with E-state index in [-0.39, 0.29) is 29.9 Å². The van der Waals surface area contributed by atoms with Gasteiger partial charge in [0.1, 0.15) is 5.75 Å². The van der Waals surface area contributed by atoms with E-state index in [0.29, 0.717) is 25.0 Å². The van der Waals surface area contributed by atoms with Gasteiger partial charge in [-0.25, -0.2) is 4.99 Å². The number of para-hydroxylation sites is 1. The van der Waals surface area contributed by atoms with Gasteiger partial charge < -0.3 is 20.7 Å². The summed E-state index contributed by atoms with van der Waals surface area (Å²) in [5.74, 6) is 1.96. The summed E-state index contributed by atoms with van der Waals surface area (Å²) >= 11 is 0. The van der Waals surface area contributed by atoms with Crippen molar-refractivity contribution in [1.82, 2.24) is 10.2 Å². The summed E-state index contributed by atoms with van der Waals surface area (Å²) in [7, 11) is 0. The molecule has 0 radical (unpaired) electrons. The van der Waals surface area contributed by atoms with E-state index in [9.17, 15) is 4.79 Å². The highest BCUT2D eigenvalue weighted by Crippen LogP contribution is 2.28. The summed E-state index contributed by atoms with van der Waals surface area (Å²) in [6.45, 7) is 5.27. The minimum absolute atomic E-state index is 0. The zero-order chi connectivity index (χ0) is 19.1. The molecule has 0 aromatic heterocycles. The maximum atomic E-state index is 11.3. The standard InChI is InChI=1S/C21H32N4O2.HI/c1-2-23-21(25-12-6-7-16(15-25)13-20(22)26)24-14-17-8-3-4-11-19(17)27-18-9-5-10-18;/h3-4,8,11,16,18H,2,5-7,9-10,12-15H2,1H3,(H2,22,26)(H,23,24);1H. The third-order valence-corrected chi connectivity index (χ3v) is 5.36. The van der Waals surface area contributed by atoms with Gasteiger partial charge in [0.25, 0.3) is 0 Å². The predicted molar refractivity (Wildman–Crippen MR) is 123 cm³/mol. The van der Waals surface area contributed by atoms with Crippen LogP contribution in [0.5, 0.6) is 5.75 Å². The lowest BCUT2D eigenvalue weighted by molar-refractivity contribution is -0.119. The molecular weight excluding hydrogens is 467 g/mol. The number of hydrogen-bond donors (Lipinski definition) is 2. The third kappa shape index (κ3) is 6.53. The topological polar surface area (TPSA) is 80.0 Å². The zero-order valence-corrected chi connectivity index (χ0v) is 19.1. The maximum Gasteiger partial charge on any atom is 0.217 e. The number of carbonyl (C=O) groups excluding carboxylic acids is 1. The van der Waals surface area contributed by atoms with Crippen LogP contribution in [0.25, 0.3) is 0 Å². The second-order valence-corrected chi connectivity index (χ2v) is 7.57. The van der Waals surface area contributed by atoms with Gasteiger partial charge in [0.2, 0.25) is 5.91 Å². The van der Waals surface area contributed by atoms with Gasteiger partial charge in [-0.15, -0.1) is 24.0 Å². The van der Waals surface area contributed by atoms with Gasteiger partial charge in [-0.3, -0.25) is 4.79 Å². The van der Waals surface area contributed by atoms with Gasteiger partial charge in [0.15, 0.2) is 5.96 Å². The first-order chi connectivity index (χ1) is 13.2. The first-order valence-corrected chi connectivity index (χ1v) is 10.2. The Bertz CT molecular complexity index is 664. The highest BCUT2D eigenvalue weighted by molar-refractivity contribution is 14.0. The molecule has 3 N–H and O–H groups in total. The molecule has 6 nitrogen and oxygen atoms in total. The molecule has 1 aliphatic carbocycles. The normalized spacial score (nSPS) is 20.1. The van der Waals surface area contributed by atoms with E-state index in [1.165, 1.54) is 6.42 Å². The molecule has 0 spiro atoms. The molecule has 0 bridgehead atoms. The lowest BCUT2D eigenvalue weighted by Gasteiger charge is -2.34. The summed E-state index contributed by atoms with van der Waals surface area (Å²) < 4.78 is 6.13. The largest absolute Gasteiger partial charge is 0.490 e. The van der Waals surface area contributed by atoms with Gasteiger partial charge in [-0.2, -0.15) is 0 Å². The van der Waals surface area contributed by atoms with Gasteiger partial charge in [0.05, 0.1) is 12.6 Å². The first-order valence-electron chi connectivity index (χ1n) is 10.2. The number of carbonyl (C=O) groups is 1. The quantitative estimate of drug-likeness (QED) is 0.342. The summed E-state index contributed by atoms with van der Waals surface area (Å²) in [5, 5.41) is 3.40. The van der Waals surface area contributed by atoms with Crippen LogP contribution in [0.4, 0.5) is 0 Å². The Kier molecular flexibility index (Phi) is 9.34. The Labute approximate surface area is 185 Å². The fourth-order valence-electron chi connectivity index (χ4n) is 3.71. The van der Waals surface area contributed by atoms with E-state index in [1.54, 1.807) is 0 Å². The number of hydrogen-bond acceptors (Lipinski definition) is 3. The Morgan fingerprint density at radius 2 is 2.07 bits per heavy atom. The Morgan fingerprint density at radius 1 is 1.29 bits per heavy atom. The summed E-state index contributed by atoms with van der Waals surface area (Å²) in [6.07, 6.45) is 6.48. The number of nitrogens with two attached hydrogens (primary N) is 1. The predicted octanol–water partition coefficient (Wildman–Crippen LogP) is 3.29. The van der Waals surface area contributed by atoms with E-state index in [2.05, 4.69) is 23.2 Å². The number of primary amides is 1. The number of piperidine rings is 1. The van der Waals surface area contributed by atoms with Crippen molar-refractivity contribution >= 4 is 35.8 Å². The molecule has 1 saturated heterocycles. The summed E-state index contributed by atoms with van der Waals surface area (Å²) in [4.78, 5) is 18.4. The maximum absolute atomic E-state index is 11.3. The van der Waals surface area contributed by atoms with Crippen molar-refractivity contribution in [2.75, 3.05) is 19.6 Å². The van der Waals surface area contributed by atoms with E-state index in [1.807, 2.05) is 18.2 Å². The van der Waals surface area contributed by atoms with Gasteiger partial charge >= 0.3 is 0 Å². The Morgan fingerprint density at radius 3 is 2.75 bits per heavy atom. The highest BCUT2D eigenvalue weighted by atomic mass is 127. The average Bonchev–Trinajstić information content (AvgIpc) is 2.62. The smallest absolute Gasteiger partial charge is 0.217 e. The Balaban J connectivity index is 0.00000280. The van der Waals surface area contributed by atoms with Gasteiger partial charge in [-0.05, 0) is 51.0 Å². The first kappa shape index (κ1) is 22.8. The number of halogens is 1. The lowest BCUT2D eigenvalue weighted by atomic mass is 9.95. The van der Waals surface area contributed by atoms with E-state index >= 15 is 0 Å². The molecule has 2 fully saturated rings. The van der Waals surface area contributed by atoms with E-state index in [4.69, 9.17) is 15.5 Å². The number of amides is 1.